The average Bonchev–Trinajstić information content (AvgIpc) is 3.28. The van der Waals surface area contributed by atoms with Gasteiger partial charge in [0.2, 0.25) is 23.4 Å². The Morgan fingerprint density at radius 2 is 1.86 bits per heavy atom. The van der Waals surface area contributed by atoms with Crippen LogP contribution in [0.4, 0.5) is 29.0 Å². The van der Waals surface area contributed by atoms with Crippen molar-refractivity contribution in [3.63, 3.8) is 0 Å². The standard InChI is InChI=1S/C14H16N10O4/c1-2-26-9-5-3-8(4-6-9)17-10(25)7-24(14-12(16)20-28-22-14)23-18-13-11(15)19-27-21-13/h3-6H,2,7H2,1H3,(H2,15,19)(H2,16,20)(H,17,25). The normalized spacial score (nSPS) is 10.9. The van der Waals surface area contributed by atoms with Gasteiger partial charge < -0.3 is 21.5 Å². The first-order chi connectivity index (χ1) is 13.6. The highest BCUT2D eigenvalue weighted by Crippen LogP contribution is 2.22. The van der Waals surface area contributed by atoms with Crippen molar-refractivity contribution in [3.05, 3.63) is 24.3 Å². The zero-order chi connectivity index (χ0) is 19.9. The first kappa shape index (κ1) is 18.6. The minimum Gasteiger partial charge on any atom is -0.494 e. The highest BCUT2D eigenvalue weighted by atomic mass is 16.6. The average molecular weight is 388 g/mol. The SMILES string of the molecule is CCOc1ccc(NC(=O)CN(N=Nc2nonc2N)c2nonc2N)cc1. The van der Waals surface area contributed by atoms with E-state index in [1.54, 1.807) is 24.3 Å². The number of anilines is 4. The molecule has 146 valence electrons. The molecule has 0 saturated heterocycles. The van der Waals surface area contributed by atoms with Crippen LogP contribution in [0, 0.1) is 0 Å². The highest BCUT2D eigenvalue weighted by Gasteiger charge is 2.20. The van der Waals surface area contributed by atoms with Crippen molar-refractivity contribution in [2.24, 2.45) is 10.3 Å². The van der Waals surface area contributed by atoms with Crippen LogP contribution in [0.5, 0.6) is 5.75 Å². The predicted molar refractivity (Wildman–Crippen MR) is 95.5 cm³/mol. The van der Waals surface area contributed by atoms with Crippen LogP contribution in [0.25, 0.3) is 0 Å². The summed E-state index contributed by atoms with van der Waals surface area (Å²) in [5.74, 6) is 0.00774. The van der Waals surface area contributed by atoms with Gasteiger partial charge in [0.1, 0.15) is 12.3 Å². The third-order valence-corrected chi connectivity index (χ3v) is 3.23. The molecule has 0 fully saturated rings. The largest absolute Gasteiger partial charge is 0.494 e. The number of hydrogen-bond donors (Lipinski definition) is 3. The molecule has 1 amide bonds. The molecule has 3 aromatic rings. The molecule has 2 aromatic heterocycles. The Balaban J connectivity index is 1.71. The van der Waals surface area contributed by atoms with Crippen molar-refractivity contribution in [3.8, 4) is 5.75 Å². The number of nitrogen functional groups attached to an aromatic ring is 2. The van der Waals surface area contributed by atoms with Gasteiger partial charge in [0.25, 0.3) is 5.82 Å². The molecule has 28 heavy (non-hydrogen) atoms. The predicted octanol–water partition coefficient (Wildman–Crippen LogP) is 1.16. The molecule has 0 spiro atoms. The van der Waals surface area contributed by atoms with E-state index in [0.29, 0.717) is 18.0 Å². The number of hydrogen-bond acceptors (Lipinski definition) is 12. The molecule has 0 aliphatic heterocycles. The van der Waals surface area contributed by atoms with Crippen LogP contribution in [0.15, 0.2) is 43.9 Å². The maximum atomic E-state index is 12.4. The number of nitrogens with zero attached hydrogens (tertiary/aromatic N) is 7. The number of ether oxygens (including phenoxy) is 1. The molecule has 2 heterocycles. The van der Waals surface area contributed by atoms with Crippen molar-refractivity contribution in [1.82, 2.24) is 20.6 Å². The smallest absolute Gasteiger partial charge is 0.263 e. The Bertz CT molecular complexity index is 951. The van der Waals surface area contributed by atoms with Gasteiger partial charge in [-0.3, -0.25) is 4.79 Å². The summed E-state index contributed by atoms with van der Waals surface area (Å²) in [6, 6.07) is 6.86. The molecule has 0 aliphatic carbocycles. The topological polar surface area (TPSA) is 196 Å². The van der Waals surface area contributed by atoms with E-state index in [2.05, 4.69) is 45.5 Å². The quantitative estimate of drug-likeness (QED) is 0.370. The molecule has 5 N–H and O–H groups in total. The van der Waals surface area contributed by atoms with E-state index in [-0.39, 0.29) is 29.8 Å². The lowest BCUT2D eigenvalue weighted by Crippen LogP contribution is -2.29. The van der Waals surface area contributed by atoms with Crippen LogP contribution in [0.1, 0.15) is 6.92 Å². The first-order valence-corrected chi connectivity index (χ1v) is 7.94. The molecule has 0 radical (unpaired) electrons. The summed E-state index contributed by atoms with van der Waals surface area (Å²) >= 11 is 0. The summed E-state index contributed by atoms with van der Waals surface area (Å²) in [6.45, 7) is 2.12. The molecular formula is C14H16N10O4. The number of carbonyl (C=O) groups is 1. The molecular weight excluding hydrogens is 372 g/mol. The summed E-state index contributed by atoms with van der Waals surface area (Å²) in [6.07, 6.45) is 0. The van der Waals surface area contributed by atoms with E-state index in [4.69, 9.17) is 16.2 Å². The second-order valence-corrected chi connectivity index (χ2v) is 5.20. The van der Waals surface area contributed by atoms with Gasteiger partial charge in [0.15, 0.2) is 0 Å². The Kier molecular flexibility index (Phi) is 5.59. The Morgan fingerprint density at radius 1 is 1.14 bits per heavy atom. The van der Waals surface area contributed by atoms with Gasteiger partial charge in [-0.15, -0.1) is 5.11 Å². The maximum Gasteiger partial charge on any atom is 0.263 e. The number of aromatic nitrogens is 4. The fraction of sp³-hybridized carbons (Fsp3) is 0.214. The van der Waals surface area contributed by atoms with E-state index in [1.165, 1.54) is 0 Å². The van der Waals surface area contributed by atoms with Crippen LogP contribution in [0.3, 0.4) is 0 Å². The zero-order valence-corrected chi connectivity index (χ0v) is 14.6. The Hall–Kier alpha value is -4.23. The fourth-order valence-corrected chi connectivity index (χ4v) is 2.01. The Labute approximate surface area is 157 Å². The van der Waals surface area contributed by atoms with Crippen molar-refractivity contribution in [2.75, 3.05) is 34.9 Å². The van der Waals surface area contributed by atoms with Crippen molar-refractivity contribution in [1.29, 1.82) is 0 Å². The van der Waals surface area contributed by atoms with Gasteiger partial charge >= 0.3 is 0 Å². The lowest BCUT2D eigenvalue weighted by molar-refractivity contribution is -0.115. The molecule has 14 nitrogen and oxygen atoms in total. The molecule has 0 aliphatic rings. The van der Waals surface area contributed by atoms with Gasteiger partial charge in [0, 0.05) is 5.69 Å². The number of benzene rings is 1. The third kappa shape index (κ3) is 4.48. The zero-order valence-electron chi connectivity index (χ0n) is 14.6. The van der Waals surface area contributed by atoms with Crippen LogP contribution < -0.4 is 26.5 Å². The second kappa shape index (κ2) is 8.43. The number of rotatable bonds is 8. The summed E-state index contributed by atoms with van der Waals surface area (Å²) in [4.78, 5) is 12.4. The van der Waals surface area contributed by atoms with E-state index >= 15 is 0 Å². The minimum absolute atomic E-state index is 0.0133. The summed E-state index contributed by atoms with van der Waals surface area (Å²) in [7, 11) is 0. The maximum absolute atomic E-state index is 12.4. The van der Waals surface area contributed by atoms with Crippen LogP contribution in [-0.4, -0.2) is 39.7 Å². The van der Waals surface area contributed by atoms with Crippen molar-refractivity contribution in [2.45, 2.75) is 6.92 Å². The molecule has 0 bridgehead atoms. The van der Waals surface area contributed by atoms with Crippen molar-refractivity contribution < 1.29 is 18.8 Å². The van der Waals surface area contributed by atoms with Gasteiger partial charge in [-0.2, -0.15) is 0 Å². The van der Waals surface area contributed by atoms with Crippen LogP contribution in [0.2, 0.25) is 0 Å². The van der Waals surface area contributed by atoms with Crippen LogP contribution in [-0.2, 0) is 4.79 Å². The highest BCUT2D eigenvalue weighted by molar-refractivity contribution is 5.94. The van der Waals surface area contributed by atoms with Gasteiger partial charge in [-0.1, -0.05) is 5.22 Å². The lowest BCUT2D eigenvalue weighted by Gasteiger charge is -2.14. The monoisotopic (exact) mass is 388 g/mol. The molecule has 14 heteroatoms. The molecule has 1 aromatic carbocycles. The van der Waals surface area contributed by atoms with E-state index in [9.17, 15) is 4.79 Å². The molecule has 3 rings (SSSR count). The van der Waals surface area contributed by atoms with E-state index in [1.807, 2.05) is 6.92 Å². The first-order valence-electron chi connectivity index (χ1n) is 7.94. The van der Waals surface area contributed by atoms with E-state index < -0.39 is 5.91 Å². The molecule has 0 atom stereocenters. The molecule has 0 unspecified atom stereocenters. The lowest BCUT2D eigenvalue weighted by atomic mass is 10.3. The van der Waals surface area contributed by atoms with Gasteiger partial charge in [-0.25, -0.2) is 14.3 Å². The summed E-state index contributed by atoms with van der Waals surface area (Å²) < 4.78 is 14.3. The number of carbonyl (C=O) groups excluding carboxylic acids is 1. The minimum atomic E-state index is -0.434. The van der Waals surface area contributed by atoms with Crippen LogP contribution >= 0.6 is 0 Å². The van der Waals surface area contributed by atoms with Gasteiger partial charge in [-0.05, 0) is 51.8 Å². The second-order valence-electron chi connectivity index (χ2n) is 5.20. The van der Waals surface area contributed by atoms with Gasteiger partial charge in [0.05, 0.1) is 6.61 Å². The number of nitrogens with one attached hydrogen (secondary N) is 1. The van der Waals surface area contributed by atoms with E-state index in [0.717, 1.165) is 5.01 Å². The Morgan fingerprint density at radius 3 is 2.46 bits per heavy atom. The fourth-order valence-electron chi connectivity index (χ4n) is 2.01. The van der Waals surface area contributed by atoms with Crippen molar-refractivity contribution >= 4 is 34.9 Å². The summed E-state index contributed by atoms with van der Waals surface area (Å²) in [5, 5.41) is 25.2. The summed E-state index contributed by atoms with van der Waals surface area (Å²) in [5.41, 5.74) is 11.7. The molecule has 0 saturated carbocycles. The third-order valence-electron chi connectivity index (χ3n) is 3.23. The number of nitrogens with two attached hydrogens (primary N) is 2. The number of amides is 1.